The Morgan fingerprint density at radius 2 is 1.79 bits per heavy atom. The summed E-state index contributed by atoms with van der Waals surface area (Å²) in [5.74, 6) is 0.522. The Hall–Kier alpha value is -2.50. The molecule has 0 saturated heterocycles. The van der Waals surface area contributed by atoms with Crippen LogP contribution >= 0.6 is 11.8 Å². The Morgan fingerprint density at radius 3 is 2.41 bits per heavy atom. The van der Waals surface area contributed by atoms with Gasteiger partial charge in [0.2, 0.25) is 0 Å². The number of fused-ring (bicyclic) bond motifs is 1. The highest BCUT2D eigenvalue weighted by Gasteiger charge is 2.33. The van der Waals surface area contributed by atoms with E-state index in [-0.39, 0.29) is 11.4 Å². The summed E-state index contributed by atoms with van der Waals surface area (Å²) in [5.41, 5.74) is 0.103. The van der Waals surface area contributed by atoms with E-state index in [1.165, 1.54) is 22.2 Å². The second-order valence-electron chi connectivity index (χ2n) is 5.90. The molecule has 0 spiro atoms. The quantitative estimate of drug-likeness (QED) is 0.408. The van der Waals surface area contributed by atoms with Crippen LogP contribution in [0.1, 0.15) is 18.3 Å². The standard InChI is InChI=1S/C17H14F6N4OS/c1-3-29-11-4-10(28-7-16(18,19)20)6-24-15(11)14-9(2)27-8-25-12(17(21,22)23)5-13(27)26-14/h4-6,8H,3,7H2,1-2H3. The lowest BCUT2D eigenvalue weighted by Crippen LogP contribution is -2.19. The summed E-state index contributed by atoms with van der Waals surface area (Å²) in [6, 6.07) is 2.23. The molecule has 0 atom stereocenters. The molecule has 0 aliphatic carbocycles. The number of thioether (sulfide) groups is 1. The number of imidazole rings is 1. The summed E-state index contributed by atoms with van der Waals surface area (Å²) in [6.07, 6.45) is -6.94. The Balaban J connectivity index is 2.04. The predicted molar refractivity (Wildman–Crippen MR) is 93.9 cm³/mol. The molecule has 29 heavy (non-hydrogen) atoms. The first-order chi connectivity index (χ1) is 13.5. The van der Waals surface area contributed by atoms with E-state index >= 15 is 0 Å². The van der Waals surface area contributed by atoms with Gasteiger partial charge in [0.15, 0.2) is 6.61 Å². The Labute approximate surface area is 165 Å². The maximum Gasteiger partial charge on any atom is 0.433 e. The lowest BCUT2D eigenvalue weighted by Gasteiger charge is -2.12. The van der Waals surface area contributed by atoms with E-state index in [1.54, 1.807) is 6.92 Å². The molecule has 3 aromatic rings. The normalized spacial score (nSPS) is 12.6. The van der Waals surface area contributed by atoms with Crippen molar-refractivity contribution >= 4 is 17.4 Å². The zero-order valence-corrected chi connectivity index (χ0v) is 15.9. The largest absolute Gasteiger partial charge is 0.482 e. The van der Waals surface area contributed by atoms with Crippen LogP contribution in [0.2, 0.25) is 0 Å². The van der Waals surface area contributed by atoms with Crippen molar-refractivity contribution in [3.8, 4) is 17.1 Å². The van der Waals surface area contributed by atoms with Crippen LogP contribution < -0.4 is 4.74 Å². The number of halogens is 6. The van der Waals surface area contributed by atoms with Crippen molar-refractivity contribution in [2.24, 2.45) is 0 Å². The summed E-state index contributed by atoms with van der Waals surface area (Å²) in [7, 11) is 0. The summed E-state index contributed by atoms with van der Waals surface area (Å²) in [4.78, 5) is 12.3. The van der Waals surface area contributed by atoms with Crippen molar-refractivity contribution in [1.29, 1.82) is 0 Å². The monoisotopic (exact) mass is 436 g/mol. The van der Waals surface area contributed by atoms with E-state index in [1.807, 2.05) is 6.92 Å². The molecule has 0 radical (unpaired) electrons. The minimum absolute atomic E-state index is 0.0338. The van der Waals surface area contributed by atoms with Crippen molar-refractivity contribution < 1.29 is 31.1 Å². The summed E-state index contributed by atoms with van der Waals surface area (Å²) in [6.45, 7) is 2.03. The van der Waals surface area contributed by atoms with Gasteiger partial charge in [0.1, 0.15) is 34.8 Å². The van der Waals surface area contributed by atoms with Gasteiger partial charge in [-0.3, -0.25) is 4.40 Å². The number of nitrogens with zero attached hydrogens (tertiary/aromatic N) is 4. The minimum Gasteiger partial charge on any atom is -0.482 e. The molecule has 0 fully saturated rings. The molecule has 156 valence electrons. The van der Waals surface area contributed by atoms with Crippen LogP contribution in [0.4, 0.5) is 26.3 Å². The Morgan fingerprint density at radius 1 is 1.07 bits per heavy atom. The molecule has 0 saturated carbocycles. The summed E-state index contributed by atoms with van der Waals surface area (Å²) >= 11 is 1.30. The zero-order chi connectivity index (χ0) is 21.4. The zero-order valence-electron chi connectivity index (χ0n) is 15.1. The Kier molecular flexibility index (Phi) is 5.65. The smallest absolute Gasteiger partial charge is 0.433 e. The number of hydrogen-bond acceptors (Lipinski definition) is 5. The molecule has 0 amide bonds. The van der Waals surface area contributed by atoms with Gasteiger partial charge >= 0.3 is 12.4 Å². The first-order valence-electron chi connectivity index (χ1n) is 8.24. The number of hydrogen-bond donors (Lipinski definition) is 0. The van der Waals surface area contributed by atoms with Gasteiger partial charge in [-0.2, -0.15) is 26.3 Å². The molecular formula is C17H14F6N4OS. The van der Waals surface area contributed by atoms with Crippen LogP contribution in [-0.2, 0) is 6.18 Å². The molecule has 0 aromatic carbocycles. The van der Waals surface area contributed by atoms with Crippen LogP contribution in [0, 0.1) is 6.92 Å². The van der Waals surface area contributed by atoms with Crippen molar-refractivity contribution in [3.05, 3.63) is 36.0 Å². The first kappa shape index (κ1) is 21.2. The maximum atomic E-state index is 12.9. The van der Waals surface area contributed by atoms with Crippen LogP contribution in [-0.4, -0.2) is 37.9 Å². The molecule has 12 heteroatoms. The van der Waals surface area contributed by atoms with E-state index in [9.17, 15) is 26.3 Å². The maximum absolute atomic E-state index is 12.9. The van der Waals surface area contributed by atoms with Crippen molar-refractivity contribution in [2.45, 2.75) is 31.1 Å². The molecule has 3 aromatic heterocycles. The molecular weight excluding hydrogens is 422 g/mol. The topological polar surface area (TPSA) is 52.3 Å². The number of alkyl halides is 6. The van der Waals surface area contributed by atoms with Crippen LogP contribution in [0.15, 0.2) is 29.6 Å². The number of ether oxygens (including phenoxy) is 1. The van der Waals surface area contributed by atoms with Crippen LogP contribution in [0.3, 0.4) is 0 Å². The van der Waals surface area contributed by atoms with E-state index < -0.39 is 24.7 Å². The highest BCUT2D eigenvalue weighted by molar-refractivity contribution is 7.99. The second-order valence-corrected chi connectivity index (χ2v) is 7.21. The third kappa shape index (κ3) is 4.74. The second kappa shape index (κ2) is 7.73. The third-order valence-electron chi connectivity index (χ3n) is 3.80. The van der Waals surface area contributed by atoms with Crippen molar-refractivity contribution in [1.82, 2.24) is 19.4 Å². The summed E-state index contributed by atoms with van der Waals surface area (Å²) < 4.78 is 81.9. The first-order valence-corrected chi connectivity index (χ1v) is 9.23. The highest BCUT2D eigenvalue weighted by atomic mass is 32.2. The summed E-state index contributed by atoms with van der Waals surface area (Å²) in [5, 5.41) is 0. The third-order valence-corrected chi connectivity index (χ3v) is 4.71. The minimum atomic E-state index is -4.61. The van der Waals surface area contributed by atoms with Crippen molar-refractivity contribution in [3.63, 3.8) is 0 Å². The molecule has 0 aliphatic rings. The van der Waals surface area contributed by atoms with Gasteiger partial charge in [-0.1, -0.05) is 6.92 Å². The molecule has 3 heterocycles. The lowest BCUT2D eigenvalue weighted by molar-refractivity contribution is -0.153. The van der Waals surface area contributed by atoms with E-state index in [2.05, 4.69) is 15.0 Å². The average Bonchev–Trinajstić information content (AvgIpc) is 2.95. The van der Waals surface area contributed by atoms with Crippen molar-refractivity contribution in [2.75, 3.05) is 12.4 Å². The van der Waals surface area contributed by atoms with Gasteiger partial charge in [0.25, 0.3) is 0 Å². The molecule has 5 nitrogen and oxygen atoms in total. The van der Waals surface area contributed by atoms with E-state index in [4.69, 9.17) is 4.74 Å². The van der Waals surface area contributed by atoms with Gasteiger partial charge in [0, 0.05) is 11.0 Å². The number of pyridine rings is 1. The molecule has 0 unspecified atom stereocenters. The lowest BCUT2D eigenvalue weighted by atomic mass is 10.2. The van der Waals surface area contributed by atoms with Gasteiger partial charge in [-0.25, -0.2) is 15.0 Å². The van der Waals surface area contributed by atoms with Gasteiger partial charge < -0.3 is 4.74 Å². The SMILES string of the molecule is CCSc1cc(OCC(F)(F)F)cnc1-c1nc2cc(C(F)(F)F)ncn2c1C. The number of aryl methyl sites for hydroxylation is 1. The van der Waals surface area contributed by atoms with Gasteiger partial charge in [-0.15, -0.1) is 11.8 Å². The fourth-order valence-electron chi connectivity index (χ4n) is 2.56. The van der Waals surface area contributed by atoms with E-state index in [0.29, 0.717) is 27.7 Å². The molecule has 3 rings (SSSR count). The van der Waals surface area contributed by atoms with Crippen LogP contribution in [0.25, 0.3) is 17.0 Å². The molecule has 0 aliphatic heterocycles. The molecule has 0 N–H and O–H groups in total. The predicted octanol–water partition coefficient (Wildman–Crippen LogP) is 5.17. The fourth-order valence-corrected chi connectivity index (χ4v) is 3.35. The number of rotatable bonds is 5. The van der Waals surface area contributed by atoms with Crippen LogP contribution in [0.5, 0.6) is 5.75 Å². The number of aromatic nitrogens is 4. The average molecular weight is 436 g/mol. The Bertz CT molecular complexity index is 1030. The van der Waals surface area contributed by atoms with Gasteiger partial charge in [0.05, 0.1) is 11.9 Å². The fraction of sp³-hybridized carbons (Fsp3) is 0.353. The highest BCUT2D eigenvalue weighted by Crippen LogP contribution is 2.35. The van der Waals surface area contributed by atoms with Gasteiger partial charge in [-0.05, 0) is 18.7 Å². The molecule has 0 bridgehead atoms. The van der Waals surface area contributed by atoms with E-state index in [0.717, 1.165) is 18.6 Å².